The Bertz CT molecular complexity index is 1540. The van der Waals surface area contributed by atoms with E-state index in [-0.39, 0.29) is 12.1 Å². The van der Waals surface area contributed by atoms with Crippen LogP contribution in [0, 0.1) is 6.92 Å². The number of aromatic amines is 2. The van der Waals surface area contributed by atoms with Gasteiger partial charge in [0.1, 0.15) is 17.2 Å². The predicted molar refractivity (Wildman–Crippen MR) is 155 cm³/mol. The van der Waals surface area contributed by atoms with E-state index in [0.29, 0.717) is 40.0 Å². The van der Waals surface area contributed by atoms with Crippen molar-refractivity contribution in [1.82, 2.24) is 19.9 Å². The standard InChI is InChI=1S/C28H32ClN7O3/c1-17-13-19(26(30)31-7-8-36-9-11-39-12-10-36)15-22-25(17)35-27(34-22)24-21(5-6-32-28(24)38)33-16-23(37)18-3-2-4-20(29)14-18/h2-6,13-15,23,37H,7-12,16H2,1H3,(H2,30,31)(H,34,35)(H2,32,33,38). The molecular weight excluding hydrogens is 518 g/mol. The van der Waals surface area contributed by atoms with Gasteiger partial charge in [0.2, 0.25) is 0 Å². The minimum Gasteiger partial charge on any atom is -0.387 e. The van der Waals surface area contributed by atoms with Crippen LogP contribution in [0.4, 0.5) is 5.69 Å². The second-order valence-corrected chi connectivity index (χ2v) is 9.98. The lowest BCUT2D eigenvalue weighted by Crippen LogP contribution is -2.38. The van der Waals surface area contributed by atoms with Gasteiger partial charge in [-0.1, -0.05) is 23.7 Å². The third-order valence-electron chi connectivity index (χ3n) is 6.79. The Morgan fingerprint density at radius 1 is 1.28 bits per heavy atom. The van der Waals surface area contributed by atoms with Gasteiger partial charge in [0, 0.05) is 43.0 Å². The highest BCUT2D eigenvalue weighted by atomic mass is 35.5. The molecule has 2 aromatic carbocycles. The van der Waals surface area contributed by atoms with Gasteiger partial charge >= 0.3 is 0 Å². The molecule has 0 spiro atoms. The van der Waals surface area contributed by atoms with Gasteiger partial charge in [-0.3, -0.25) is 14.7 Å². The van der Waals surface area contributed by atoms with Gasteiger partial charge in [-0.15, -0.1) is 0 Å². The molecule has 0 aliphatic carbocycles. The monoisotopic (exact) mass is 549 g/mol. The number of nitrogens with one attached hydrogen (secondary N) is 3. The Kier molecular flexibility index (Phi) is 8.27. The quantitative estimate of drug-likeness (QED) is 0.159. The first-order chi connectivity index (χ1) is 18.9. The maximum atomic E-state index is 12.9. The Hall–Kier alpha value is -3.70. The van der Waals surface area contributed by atoms with Crippen LogP contribution in [-0.4, -0.2) is 76.7 Å². The molecule has 1 atom stereocenters. The van der Waals surface area contributed by atoms with E-state index in [0.717, 1.165) is 55.0 Å². The van der Waals surface area contributed by atoms with E-state index >= 15 is 0 Å². The predicted octanol–water partition coefficient (Wildman–Crippen LogP) is 3.06. The molecule has 4 aromatic rings. The summed E-state index contributed by atoms with van der Waals surface area (Å²) in [5, 5.41) is 14.4. The summed E-state index contributed by atoms with van der Waals surface area (Å²) in [4.78, 5) is 30.5. The van der Waals surface area contributed by atoms with E-state index in [1.54, 1.807) is 36.5 Å². The average molecular weight is 550 g/mol. The van der Waals surface area contributed by atoms with Crippen LogP contribution >= 0.6 is 11.6 Å². The van der Waals surface area contributed by atoms with Crippen LogP contribution in [-0.2, 0) is 4.74 Å². The molecule has 1 aliphatic rings. The van der Waals surface area contributed by atoms with E-state index in [1.807, 2.05) is 19.1 Å². The molecule has 0 saturated carbocycles. The van der Waals surface area contributed by atoms with Crippen molar-refractivity contribution in [3.05, 3.63) is 80.7 Å². The molecule has 0 amide bonds. The van der Waals surface area contributed by atoms with Gasteiger partial charge in [0.05, 0.1) is 42.6 Å². The van der Waals surface area contributed by atoms with Crippen molar-refractivity contribution in [2.75, 3.05) is 51.3 Å². The fraction of sp³-hybridized carbons (Fsp3) is 0.321. The number of amidine groups is 1. The minimum atomic E-state index is -0.818. The summed E-state index contributed by atoms with van der Waals surface area (Å²) in [7, 11) is 0. The molecule has 3 heterocycles. The number of aliphatic imine (C=N–C) groups is 1. The number of fused-ring (bicyclic) bond motifs is 1. The number of benzene rings is 2. The third kappa shape index (κ3) is 6.31. The van der Waals surface area contributed by atoms with Crippen LogP contribution in [0.5, 0.6) is 0 Å². The van der Waals surface area contributed by atoms with Gasteiger partial charge in [-0.05, 0) is 48.4 Å². The Labute approximate surface area is 230 Å². The highest BCUT2D eigenvalue weighted by Gasteiger charge is 2.18. The Balaban J connectivity index is 1.37. The van der Waals surface area contributed by atoms with Crippen molar-refractivity contribution >= 4 is 34.2 Å². The molecule has 2 aromatic heterocycles. The number of aliphatic hydroxyl groups is 1. The molecule has 204 valence electrons. The van der Waals surface area contributed by atoms with Gasteiger partial charge in [0.15, 0.2) is 0 Å². The molecule has 5 rings (SSSR count). The number of pyridine rings is 1. The van der Waals surface area contributed by atoms with Crippen LogP contribution in [0.15, 0.2) is 58.4 Å². The van der Waals surface area contributed by atoms with Gasteiger partial charge in [0.25, 0.3) is 5.56 Å². The van der Waals surface area contributed by atoms with Crippen LogP contribution in [0.1, 0.15) is 22.8 Å². The smallest absolute Gasteiger partial charge is 0.261 e. The number of ether oxygens (including phenoxy) is 1. The highest BCUT2D eigenvalue weighted by Crippen LogP contribution is 2.27. The largest absolute Gasteiger partial charge is 0.387 e. The number of hydrogen-bond donors (Lipinski definition) is 5. The fourth-order valence-electron chi connectivity index (χ4n) is 4.68. The summed E-state index contributed by atoms with van der Waals surface area (Å²) in [6.45, 7) is 6.89. The number of H-pyrrole nitrogens is 2. The minimum absolute atomic E-state index is 0.178. The molecule has 6 N–H and O–H groups in total. The maximum absolute atomic E-state index is 12.9. The highest BCUT2D eigenvalue weighted by molar-refractivity contribution is 6.30. The molecule has 1 fully saturated rings. The van der Waals surface area contributed by atoms with Gasteiger partial charge in [-0.2, -0.15) is 0 Å². The number of aryl methyl sites for hydroxylation is 1. The normalized spacial score (nSPS) is 15.5. The first-order valence-electron chi connectivity index (χ1n) is 12.9. The van der Waals surface area contributed by atoms with Crippen LogP contribution < -0.4 is 16.6 Å². The molecule has 1 unspecified atom stereocenters. The first-order valence-corrected chi connectivity index (χ1v) is 13.3. The lowest BCUT2D eigenvalue weighted by Gasteiger charge is -2.25. The SMILES string of the molecule is Cc1cc(/C(N)=N/CCN2CCOCC2)cc2[nH]c(-c3c(NCC(O)c4cccc(Cl)c4)cc[nH]c3=O)nc12. The van der Waals surface area contributed by atoms with Gasteiger partial charge in [-0.25, -0.2) is 4.98 Å². The summed E-state index contributed by atoms with van der Waals surface area (Å²) in [5.41, 5.74) is 10.8. The lowest BCUT2D eigenvalue weighted by molar-refractivity contribution is 0.0394. The number of rotatable bonds is 9. The summed E-state index contributed by atoms with van der Waals surface area (Å²) >= 11 is 6.06. The zero-order chi connectivity index (χ0) is 27.4. The molecule has 0 radical (unpaired) electrons. The summed E-state index contributed by atoms with van der Waals surface area (Å²) in [5.74, 6) is 0.869. The number of aliphatic hydroxyl groups excluding tert-OH is 1. The number of morpholine rings is 1. The molecular formula is C28H32ClN7O3. The summed E-state index contributed by atoms with van der Waals surface area (Å²) in [6.07, 6.45) is 0.738. The first kappa shape index (κ1) is 26.9. The number of aromatic nitrogens is 3. The zero-order valence-electron chi connectivity index (χ0n) is 21.7. The maximum Gasteiger partial charge on any atom is 0.261 e. The van der Waals surface area contributed by atoms with E-state index in [1.165, 1.54) is 0 Å². The zero-order valence-corrected chi connectivity index (χ0v) is 22.5. The van der Waals surface area contributed by atoms with Gasteiger partial charge < -0.3 is 30.9 Å². The second kappa shape index (κ2) is 12.0. The molecule has 0 bridgehead atoms. The van der Waals surface area contributed by atoms with E-state index in [4.69, 9.17) is 27.1 Å². The Morgan fingerprint density at radius 3 is 2.90 bits per heavy atom. The van der Waals surface area contributed by atoms with Crippen molar-refractivity contribution in [2.45, 2.75) is 13.0 Å². The number of hydrogen-bond acceptors (Lipinski definition) is 7. The summed E-state index contributed by atoms with van der Waals surface area (Å²) < 4.78 is 5.39. The van der Waals surface area contributed by atoms with E-state index < -0.39 is 6.10 Å². The molecule has 1 aliphatic heterocycles. The Morgan fingerprint density at radius 2 is 2.10 bits per heavy atom. The third-order valence-corrected chi connectivity index (χ3v) is 7.03. The molecule has 39 heavy (non-hydrogen) atoms. The lowest BCUT2D eigenvalue weighted by atomic mass is 10.1. The van der Waals surface area contributed by atoms with Crippen LogP contribution in [0.25, 0.3) is 22.4 Å². The van der Waals surface area contributed by atoms with Crippen molar-refractivity contribution in [3.8, 4) is 11.4 Å². The number of nitrogens with zero attached hydrogens (tertiary/aromatic N) is 3. The van der Waals surface area contributed by atoms with Crippen molar-refractivity contribution in [2.24, 2.45) is 10.7 Å². The van der Waals surface area contributed by atoms with E-state index in [9.17, 15) is 9.90 Å². The molecule has 10 nitrogen and oxygen atoms in total. The molecule has 11 heteroatoms. The number of imidazole rings is 1. The van der Waals surface area contributed by atoms with Crippen molar-refractivity contribution < 1.29 is 9.84 Å². The van der Waals surface area contributed by atoms with Crippen LogP contribution in [0.3, 0.4) is 0 Å². The van der Waals surface area contributed by atoms with Crippen LogP contribution in [0.2, 0.25) is 5.02 Å². The van der Waals surface area contributed by atoms with Crippen molar-refractivity contribution in [3.63, 3.8) is 0 Å². The van der Waals surface area contributed by atoms with E-state index in [2.05, 4.69) is 25.2 Å². The van der Waals surface area contributed by atoms with Crippen molar-refractivity contribution in [1.29, 1.82) is 0 Å². The topological polar surface area (TPSA) is 145 Å². The molecule has 1 saturated heterocycles. The average Bonchev–Trinajstić information content (AvgIpc) is 3.36. The number of anilines is 1. The fourth-order valence-corrected chi connectivity index (χ4v) is 4.88. The summed E-state index contributed by atoms with van der Waals surface area (Å²) in [6, 6.07) is 12.6. The second-order valence-electron chi connectivity index (χ2n) is 9.54. The number of halogens is 1. The number of nitrogens with two attached hydrogens (primary N) is 1.